The van der Waals surface area contributed by atoms with Gasteiger partial charge in [-0.15, -0.1) is 0 Å². The van der Waals surface area contributed by atoms with Gasteiger partial charge in [-0.1, -0.05) is 60.7 Å². The number of benzene rings is 2. The van der Waals surface area contributed by atoms with Crippen molar-refractivity contribution >= 4 is 11.8 Å². The normalized spacial score (nSPS) is 18.0. The van der Waals surface area contributed by atoms with E-state index in [9.17, 15) is 14.7 Å². The van der Waals surface area contributed by atoms with Crippen LogP contribution in [-0.2, 0) is 16.0 Å². The molecule has 1 aliphatic rings. The first-order valence-corrected chi connectivity index (χ1v) is 8.95. The van der Waals surface area contributed by atoms with Gasteiger partial charge in [-0.3, -0.25) is 9.59 Å². The molecule has 1 saturated heterocycles. The van der Waals surface area contributed by atoms with Gasteiger partial charge >= 0.3 is 0 Å². The smallest absolute Gasteiger partial charge is 0.225 e. The molecule has 0 unspecified atom stereocenters. The quantitative estimate of drug-likeness (QED) is 0.800. The summed E-state index contributed by atoms with van der Waals surface area (Å²) in [6, 6.07) is 18.9. The Hall–Kier alpha value is -2.66. The number of carbonyl (C=O) groups is 2. The lowest BCUT2D eigenvalue weighted by atomic mass is 10.0. The third kappa shape index (κ3) is 4.49. The van der Waals surface area contributed by atoms with Gasteiger partial charge < -0.3 is 15.3 Å². The Balaban J connectivity index is 1.54. The number of nitrogens with one attached hydrogen (secondary N) is 1. The van der Waals surface area contributed by atoms with Gasteiger partial charge in [-0.2, -0.15) is 0 Å². The first kappa shape index (κ1) is 18.1. The fourth-order valence-corrected chi connectivity index (χ4v) is 3.28. The lowest BCUT2D eigenvalue weighted by Gasteiger charge is -2.20. The van der Waals surface area contributed by atoms with Gasteiger partial charge in [-0.25, -0.2) is 0 Å². The van der Waals surface area contributed by atoms with Crippen molar-refractivity contribution in [1.29, 1.82) is 0 Å². The molecule has 5 heteroatoms. The Morgan fingerprint density at radius 2 is 1.77 bits per heavy atom. The van der Waals surface area contributed by atoms with Crippen LogP contribution >= 0.6 is 0 Å². The molecule has 2 amide bonds. The number of aliphatic hydroxyl groups is 1. The summed E-state index contributed by atoms with van der Waals surface area (Å²) < 4.78 is 0. The third-order valence-electron chi connectivity index (χ3n) is 4.80. The molecular weight excluding hydrogens is 328 g/mol. The highest BCUT2D eigenvalue weighted by atomic mass is 16.3. The average molecular weight is 352 g/mol. The van der Waals surface area contributed by atoms with Gasteiger partial charge in [0.25, 0.3) is 0 Å². The summed E-state index contributed by atoms with van der Waals surface area (Å²) in [5, 5.41) is 12.5. The van der Waals surface area contributed by atoms with Crippen LogP contribution in [0.3, 0.4) is 0 Å². The molecule has 0 aliphatic carbocycles. The van der Waals surface area contributed by atoms with Gasteiger partial charge in [0.2, 0.25) is 11.8 Å². The van der Waals surface area contributed by atoms with Gasteiger partial charge in [-0.05, 0) is 17.5 Å². The molecule has 0 radical (unpaired) electrons. The first-order chi connectivity index (χ1) is 12.7. The molecule has 2 atom stereocenters. The van der Waals surface area contributed by atoms with E-state index in [4.69, 9.17) is 0 Å². The van der Waals surface area contributed by atoms with E-state index in [1.54, 1.807) is 4.90 Å². The van der Waals surface area contributed by atoms with Gasteiger partial charge in [0.1, 0.15) is 0 Å². The van der Waals surface area contributed by atoms with Crippen LogP contribution in [0.2, 0.25) is 0 Å². The Morgan fingerprint density at radius 3 is 2.42 bits per heavy atom. The average Bonchev–Trinajstić information content (AvgIpc) is 3.06. The van der Waals surface area contributed by atoms with Crippen molar-refractivity contribution < 1.29 is 14.7 Å². The van der Waals surface area contributed by atoms with Crippen molar-refractivity contribution in [3.8, 4) is 0 Å². The zero-order valence-electron chi connectivity index (χ0n) is 14.7. The zero-order chi connectivity index (χ0) is 18.4. The fourth-order valence-electron chi connectivity index (χ4n) is 3.28. The van der Waals surface area contributed by atoms with E-state index >= 15 is 0 Å². The second-order valence-corrected chi connectivity index (χ2v) is 6.63. The van der Waals surface area contributed by atoms with E-state index in [2.05, 4.69) is 5.32 Å². The van der Waals surface area contributed by atoms with Crippen molar-refractivity contribution in [1.82, 2.24) is 10.2 Å². The number of carbonyl (C=O) groups excluding carboxylic acids is 2. The number of aliphatic hydroxyl groups excluding tert-OH is 1. The lowest BCUT2D eigenvalue weighted by molar-refractivity contribution is -0.129. The van der Waals surface area contributed by atoms with Crippen molar-refractivity contribution in [2.75, 3.05) is 19.7 Å². The van der Waals surface area contributed by atoms with E-state index in [0.717, 1.165) is 12.0 Å². The topological polar surface area (TPSA) is 69.6 Å². The van der Waals surface area contributed by atoms with Crippen LogP contribution in [0.5, 0.6) is 0 Å². The summed E-state index contributed by atoms with van der Waals surface area (Å²) in [6.07, 6.45) is 1.01. The van der Waals surface area contributed by atoms with Gasteiger partial charge in [0.05, 0.1) is 18.6 Å². The second-order valence-electron chi connectivity index (χ2n) is 6.63. The summed E-state index contributed by atoms with van der Waals surface area (Å²) in [7, 11) is 0. The summed E-state index contributed by atoms with van der Waals surface area (Å²) >= 11 is 0. The number of amides is 2. The van der Waals surface area contributed by atoms with Crippen LogP contribution in [0.1, 0.15) is 23.6 Å². The Labute approximate surface area is 153 Å². The van der Waals surface area contributed by atoms with Gasteiger partial charge in [0, 0.05) is 19.5 Å². The summed E-state index contributed by atoms with van der Waals surface area (Å²) in [5.74, 6) is -0.527. The molecule has 0 aromatic heterocycles. The minimum Gasteiger partial charge on any atom is -0.394 e. The minimum absolute atomic E-state index is 0.0151. The Kier molecular flexibility index (Phi) is 6.02. The van der Waals surface area contributed by atoms with E-state index in [1.165, 1.54) is 5.56 Å². The van der Waals surface area contributed by atoms with Crippen LogP contribution in [0.4, 0.5) is 0 Å². The molecule has 3 rings (SSSR count). The standard InChI is InChI=1S/C21H24N2O3/c24-15-19(17-9-5-2-6-10-17)22-21(26)18-13-20(25)23(14-18)12-11-16-7-3-1-4-8-16/h1-10,18-19,24H,11-15H2,(H,22,26)/t18-,19+/m0/s1. The molecule has 2 aromatic rings. The number of hydrogen-bond acceptors (Lipinski definition) is 3. The predicted molar refractivity (Wildman–Crippen MR) is 99.2 cm³/mol. The maximum absolute atomic E-state index is 12.6. The highest BCUT2D eigenvalue weighted by molar-refractivity contribution is 5.89. The number of rotatable bonds is 7. The van der Waals surface area contributed by atoms with Crippen LogP contribution in [-0.4, -0.2) is 41.5 Å². The minimum atomic E-state index is -0.447. The maximum atomic E-state index is 12.6. The molecule has 0 bridgehead atoms. The molecule has 1 aliphatic heterocycles. The molecule has 2 aromatic carbocycles. The van der Waals surface area contributed by atoms with Crippen molar-refractivity contribution in [2.24, 2.45) is 5.92 Å². The number of nitrogens with zero attached hydrogens (tertiary/aromatic N) is 1. The van der Waals surface area contributed by atoms with Crippen LogP contribution in [0, 0.1) is 5.92 Å². The third-order valence-corrected chi connectivity index (χ3v) is 4.80. The Bertz CT molecular complexity index is 733. The van der Waals surface area contributed by atoms with Gasteiger partial charge in [0.15, 0.2) is 0 Å². The summed E-state index contributed by atoms with van der Waals surface area (Å²) in [4.78, 5) is 26.5. The molecular formula is C21H24N2O3. The van der Waals surface area contributed by atoms with Crippen molar-refractivity contribution in [3.63, 3.8) is 0 Å². The molecule has 26 heavy (non-hydrogen) atoms. The second kappa shape index (κ2) is 8.63. The fraction of sp³-hybridized carbons (Fsp3) is 0.333. The Morgan fingerprint density at radius 1 is 1.12 bits per heavy atom. The number of likely N-dealkylation sites (tertiary alicyclic amines) is 1. The summed E-state index contributed by atoms with van der Waals surface area (Å²) in [6.45, 7) is 0.882. The molecule has 136 valence electrons. The molecule has 0 saturated carbocycles. The highest BCUT2D eigenvalue weighted by Crippen LogP contribution is 2.20. The van der Waals surface area contributed by atoms with Crippen LogP contribution < -0.4 is 5.32 Å². The van der Waals surface area contributed by atoms with E-state index < -0.39 is 6.04 Å². The monoisotopic (exact) mass is 352 g/mol. The largest absolute Gasteiger partial charge is 0.394 e. The number of hydrogen-bond donors (Lipinski definition) is 2. The molecule has 2 N–H and O–H groups in total. The van der Waals surface area contributed by atoms with Crippen LogP contribution in [0.15, 0.2) is 60.7 Å². The zero-order valence-corrected chi connectivity index (χ0v) is 14.7. The molecule has 1 heterocycles. The van der Waals surface area contributed by atoms with E-state index in [1.807, 2.05) is 60.7 Å². The van der Waals surface area contributed by atoms with Crippen molar-refractivity contribution in [2.45, 2.75) is 18.9 Å². The van der Waals surface area contributed by atoms with Crippen LogP contribution in [0.25, 0.3) is 0 Å². The lowest BCUT2D eigenvalue weighted by Crippen LogP contribution is -2.37. The predicted octanol–water partition coefficient (Wildman–Crippen LogP) is 1.93. The highest BCUT2D eigenvalue weighted by Gasteiger charge is 2.34. The van der Waals surface area contributed by atoms with Crippen molar-refractivity contribution in [3.05, 3.63) is 71.8 Å². The first-order valence-electron chi connectivity index (χ1n) is 8.95. The molecule has 0 spiro atoms. The summed E-state index contributed by atoms with van der Waals surface area (Å²) in [5.41, 5.74) is 2.03. The van der Waals surface area contributed by atoms with E-state index in [0.29, 0.717) is 13.1 Å². The molecule has 1 fully saturated rings. The maximum Gasteiger partial charge on any atom is 0.225 e. The SMILES string of the molecule is O=C(N[C@H](CO)c1ccccc1)[C@H]1CC(=O)N(CCc2ccccc2)C1. The van der Waals surface area contributed by atoms with E-state index in [-0.39, 0.29) is 30.8 Å². The molecule has 5 nitrogen and oxygen atoms in total.